The lowest BCUT2D eigenvalue weighted by Crippen LogP contribution is -2.28. The first kappa shape index (κ1) is 17.8. The van der Waals surface area contributed by atoms with Gasteiger partial charge in [-0.3, -0.25) is 0 Å². The van der Waals surface area contributed by atoms with Gasteiger partial charge >= 0.3 is 0 Å². The zero-order valence-corrected chi connectivity index (χ0v) is 14.3. The smallest absolute Gasteiger partial charge is 0.0623 e. The molecule has 0 aliphatic heterocycles. The second kappa shape index (κ2) is 8.23. The van der Waals surface area contributed by atoms with Crippen molar-refractivity contribution in [3.05, 3.63) is 33.8 Å². The van der Waals surface area contributed by atoms with Gasteiger partial charge in [0.15, 0.2) is 0 Å². The average molecular weight is 318 g/mol. The topological polar surface area (TPSA) is 21.3 Å². The van der Waals surface area contributed by atoms with E-state index in [0.717, 1.165) is 41.4 Å². The molecule has 0 heterocycles. The van der Waals surface area contributed by atoms with Gasteiger partial charge in [0.05, 0.1) is 5.60 Å². The van der Waals surface area contributed by atoms with E-state index < -0.39 is 0 Å². The Balaban J connectivity index is 2.89. The van der Waals surface area contributed by atoms with Crippen LogP contribution in [0.15, 0.2) is 18.2 Å². The van der Waals surface area contributed by atoms with Crippen LogP contribution in [0, 0.1) is 0 Å². The number of nitrogens with one attached hydrogen (secondary N) is 1. The molecule has 1 aromatic rings. The average Bonchev–Trinajstić information content (AvgIpc) is 2.40. The van der Waals surface area contributed by atoms with Crippen LogP contribution in [0.5, 0.6) is 0 Å². The van der Waals surface area contributed by atoms with E-state index in [-0.39, 0.29) is 11.6 Å². The Labute approximate surface area is 132 Å². The molecule has 0 aromatic heterocycles. The van der Waals surface area contributed by atoms with E-state index in [0.29, 0.717) is 0 Å². The van der Waals surface area contributed by atoms with Crippen molar-refractivity contribution in [3.8, 4) is 0 Å². The van der Waals surface area contributed by atoms with Crippen molar-refractivity contribution in [1.29, 1.82) is 0 Å². The molecule has 0 fully saturated rings. The summed E-state index contributed by atoms with van der Waals surface area (Å²) in [4.78, 5) is 0. The predicted molar refractivity (Wildman–Crippen MR) is 87.8 cm³/mol. The Hall–Kier alpha value is -0.280. The minimum atomic E-state index is -0.139. The number of hydrogen-bond acceptors (Lipinski definition) is 2. The number of benzene rings is 1. The molecule has 0 aliphatic rings. The SMILES string of the molecule is CCCNC(CCC(C)(C)OC)c1c(Cl)cccc1Cl. The number of rotatable bonds is 8. The van der Waals surface area contributed by atoms with Crippen LogP contribution in [0.3, 0.4) is 0 Å². The Bertz CT molecular complexity index is 401. The van der Waals surface area contributed by atoms with E-state index in [9.17, 15) is 0 Å². The summed E-state index contributed by atoms with van der Waals surface area (Å²) < 4.78 is 5.50. The van der Waals surface area contributed by atoms with Crippen molar-refractivity contribution in [1.82, 2.24) is 5.32 Å². The van der Waals surface area contributed by atoms with Gasteiger partial charge in [0.1, 0.15) is 0 Å². The van der Waals surface area contributed by atoms with E-state index in [2.05, 4.69) is 26.1 Å². The minimum Gasteiger partial charge on any atom is -0.379 e. The van der Waals surface area contributed by atoms with Gasteiger partial charge in [-0.15, -0.1) is 0 Å². The fourth-order valence-electron chi connectivity index (χ4n) is 2.10. The summed E-state index contributed by atoms with van der Waals surface area (Å²) in [5, 5.41) is 4.99. The summed E-state index contributed by atoms with van der Waals surface area (Å²) >= 11 is 12.7. The second-order valence-corrected chi connectivity index (χ2v) is 6.46. The second-order valence-electron chi connectivity index (χ2n) is 5.64. The third kappa shape index (κ3) is 5.25. The summed E-state index contributed by atoms with van der Waals surface area (Å²) in [5.74, 6) is 0. The Morgan fingerprint density at radius 1 is 1.25 bits per heavy atom. The van der Waals surface area contributed by atoms with Gasteiger partial charge in [0.25, 0.3) is 0 Å². The van der Waals surface area contributed by atoms with Crippen molar-refractivity contribution >= 4 is 23.2 Å². The molecule has 20 heavy (non-hydrogen) atoms. The fourth-order valence-corrected chi connectivity index (χ4v) is 2.77. The normalized spacial score (nSPS) is 13.5. The molecule has 0 saturated carbocycles. The lowest BCUT2D eigenvalue weighted by molar-refractivity contribution is 0.0117. The van der Waals surface area contributed by atoms with Gasteiger partial charge in [-0.25, -0.2) is 0 Å². The summed E-state index contributed by atoms with van der Waals surface area (Å²) in [5.41, 5.74) is 0.857. The molecule has 1 unspecified atom stereocenters. The van der Waals surface area contributed by atoms with Crippen LogP contribution in [0.2, 0.25) is 10.0 Å². The maximum Gasteiger partial charge on any atom is 0.0623 e. The monoisotopic (exact) mass is 317 g/mol. The zero-order valence-electron chi connectivity index (χ0n) is 12.8. The molecular weight excluding hydrogens is 293 g/mol. The van der Waals surface area contributed by atoms with Gasteiger partial charge < -0.3 is 10.1 Å². The molecule has 0 radical (unpaired) electrons. The molecule has 1 aromatic carbocycles. The summed E-state index contributed by atoms with van der Waals surface area (Å²) in [6.07, 6.45) is 2.95. The molecular formula is C16H25Cl2NO. The number of halogens is 2. The molecule has 2 nitrogen and oxygen atoms in total. The maximum absolute atomic E-state index is 6.33. The summed E-state index contributed by atoms with van der Waals surface area (Å²) in [7, 11) is 1.75. The Morgan fingerprint density at radius 3 is 2.35 bits per heavy atom. The summed E-state index contributed by atoms with van der Waals surface area (Å²) in [6, 6.07) is 5.82. The van der Waals surface area contributed by atoms with Crippen LogP contribution in [0.1, 0.15) is 51.6 Å². The maximum atomic E-state index is 6.33. The van der Waals surface area contributed by atoms with E-state index >= 15 is 0 Å². The molecule has 0 aliphatic carbocycles. The number of hydrogen-bond donors (Lipinski definition) is 1. The van der Waals surface area contributed by atoms with E-state index in [1.54, 1.807) is 7.11 Å². The third-order valence-electron chi connectivity index (χ3n) is 3.58. The highest BCUT2D eigenvalue weighted by atomic mass is 35.5. The van der Waals surface area contributed by atoms with E-state index in [1.807, 2.05) is 18.2 Å². The minimum absolute atomic E-state index is 0.139. The van der Waals surface area contributed by atoms with Crippen molar-refractivity contribution in [2.24, 2.45) is 0 Å². The largest absolute Gasteiger partial charge is 0.379 e. The van der Waals surface area contributed by atoms with Crippen molar-refractivity contribution in [2.75, 3.05) is 13.7 Å². The molecule has 1 N–H and O–H groups in total. The van der Waals surface area contributed by atoms with E-state index in [1.165, 1.54) is 0 Å². The third-order valence-corrected chi connectivity index (χ3v) is 4.24. The van der Waals surface area contributed by atoms with Crippen molar-refractivity contribution < 1.29 is 4.74 Å². The van der Waals surface area contributed by atoms with E-state index in [4.69, 9.17) is 27.9 Å². The lowest BCUT2D eigenvalue weighted by Gasteiger charge is -2.27. The molecule has 0 amide bonds. The van der Waals surface area contributed by atoms with Gasteiger partial charge in [-0.2, -0.15) is 0 Å². The highest BCUT2D eigenvalue weighted by Gasteiger charge is 2.22. The first-order valence-corrected chi connectivity index (χ1v) is 7.89. The predicted octanol–water partition coefficient (Wildman–Crippen LogP) is 5.24. The molecule has 0 saturated heterocycles. The Morgan fingerprint density at radius 2 is 1.85 bits per heavy atom. The highest BCUT2D eigenvalue weighted by molar-refractivity contribution is 6.36. The quantitative estimate of drug-likeness (QED) is 0.708. The number of methoxy groups -OCH3 is 1. The molecule has 4 heteroatoms. The van der Waals surface area contributed by atoms with Crippen molar-refractivity contribution in [3.63, 3.8) is 0 Å². The van der Waals surface area contributed by atoms with Crippen LogP contribution in [-0.2, 0) is 4.74 Å². The van der Waals surface area contributed by atoms with Crippen LogP contribution in [0.25, 0.3) is 0 Å². The first-order chi connectivity index (χ1) is 9.41. The molecule has 1 rings (SSSR count). The molecule has 0 spiro atoms. The fraction of sp³-hybridized carbons (Fsp3) is 0.625. The van der Waals surface area contributed by atoms with Crippen LogP contribution in [-0.4, -0.2) is 19.3 Å². The van der Waals surface area contributed by atoms with Crippen LogP contribution >= 0.6 is 23.2 Å². The Kier molecular flexibility index (Phi) is 7.32. The summed E-state index contributed by atoms with van der Waals surface area (Å²) in [6.45, 7) is 7.28. The van der Waals surface area contributed by atoms with Gasteiger partial charge in [-0.1, -0.05) is 36.2 Å². The van der Waals surface area contributed by atoms with Gasteiger partial charge in [0, 0.05) is 28.8 Å². The zero-order chi connectivity index (χ0) is 15.2. The van der Waals surface area contributed by atoms with Crippen LogP contribution in [0.4, 0.5) is 0 Å². The first-order valence-electron chi connectivity index (χ1n) is 7.13. The standard InChI is InChI=1S/C16H25Cl2NO/c1-5-11-19-14(9-10-16(2,3)20-4)15-12(17)7-6-8-13(15)18/h6-8,14,19H,5,9-11H2,1-4H3. The van der Waals surface area contributed by atoms with Gasteiger partial charge in [-0.05, 0) is 51.8 Å². The van der Waals surface area contributed by atoms with Crippen LogP contribution < -0.4 is 5.32 Å². The van der Waals surface area contributed by atoms with Gasteiger partial charge in [0.2, 0.25) is 0 Å². The molecule has 1 atom stereocenters. The molecule has 0 bridgehead atoms. The number of ether oxygens (including phenoxy) is 1. The lowest BCUT2D eigenvalue weighted by atomic mass is 9.94. The molecule has 114 valence electrons. The highest BCUT2D eigenvalue weighted by Crippen LogP contribution is 2.34. The van der Waals surface area contributed by atoms with Crippen molar-refractivity contribution in [2.45, 2.75) is 51.7 Å².